The first kappa shape index (κ1) is 22.4. The van der Waals surface area contributed by atoms with Crippen molar-refractivity contribution in [1.82, 2.24) is 4.90 Å². The number of carbonyl (C=O) groups is 2. The summed E-state index contributed by atoms with van der Waals surface area (Å²) < 4.78 is 10.8. The number of methoxy groups -OCH3 is 2. The molecular weight excluding hydrogens is 444 g/mol. The number of rotatable bonds is 6. The van der Waals surface area contributed by atoms with Gasteiger partial charge in [0.05, 0.1) is 26.8 Å². The lowest BCUT2D eigenvalue weighted by Gasteiger charge is -2.28. The highest BCUT2D eigenvalue weighted by Crippen LogP contribution is 2.43. The third-order valence-corrected chi connectivity index (χ3v) is 5.75. The van der Waals surface area contributed by atoms with Gasteiger partial charge in [-0.3, -0.25) is 9.59 Å². The molecule has 2 aromatic carbocycles. The smallest absolute Gasteiger partial charge is 0.295 e. The van der Waals surface area contributed by atoms with Crippen LogP contribution in [0.15, 0.2) is 72.6 Å². The number of halogens is 1. The maximum absolute atomic E-state index is 13.5. The van der Waals surface area contributed by atoms with E-state index in [0.29, 0.717) is 22.1 Å². The lowest BCUT2D eigenvalue weighted by molar-refractivity contribution is -0.378. The van der Waals surface area contributed by atoms with Crippen LogP contribution >= 0.6 is 11.6 Å². The van der Waals surface area contributed by atoms with E-state index in [2.05, 4.69) is 4.98 Å². The highest BCUT2D eigenvalue weighted by atomic mass is 35.5. The number of carbonyl (C=O) groups excluding carboxylic acids is 2. The topological polar surface area (TPSA) is 93.0 Å². The second-order valence-corrected chi connectivity index (χ2v) is 7.87. The molecule has 1 N–H and O–H groups in total. The van der Waals surface area contributed by atoms with Crippen molar-refractivity contribution in [3.05, 3.63) is 94.3 Å². The molecule has 0 radical (unpaired) electrons. The quantitative estimate of drug-likeness (QED) is 0.317. The van der Waals surface area contributed by atoms with Crippen LogP contribution < -0.4 is 19.6 Å². The van der Waals surface area contributed by atoms with E-state index in [9.17, 15) is 14.7 Å². The van der Waals surface area contributed by atoms with Crippen molar-refractivity contribution in [3.63, 3.8) is 0 Å². The summed E-state index contributed by atoms with van der Waals surface area (Å²) in [5.74, 6) is -1.18. The standard InChI is InChI=1S/C25H21ClN2O5/c1-32-18-9-10-19(20(12-18)33-2)22-21(23(29)16-5-7-17(26)8-6-16)24(30)25(31)28(22)14-15-4-3-11-27-13-15/h3-13,22,29H,14H2,1-2H3/b23-21+. The molecule has 1 aliphatic heterocycles. The molecule has 7 nitrogen and oxygen atoms in total. The van der Waals surface area contributed by atoms with Crippen molar-refractivity contribution in [2.24, 2.45) is 0 Å². The number of aromatic nitrogens is 1. The van der Waals surface area contributed by atoms with Gasteiger partial charge in [-0.25, -0.2) is 4.98 Å². The third kappa shape index (κ3) is 4.27. The van der Waals surface area contributed by atoms with E-state index in [-0.39, 0.29) is 17.7 Å². The number of hydrogen-bond acceptors (Lipinski definition) is 5. The van der Waals surface area contributed by atoms with Crippen LogP contribution in [0.5, 0.6) is 11.5 Å². The number of Topliss-reactive ketones (excluding diaryl/α,β-unsaturated/α-hetero) is 1. The van der Waals surface area contributed by atoms with Gasteiger partial charge >= 0.3 is 0 Å². The fraction of sp³-hybridized carbons (Fsp3) is 0.160. The average Bonchev–Trinajstić information content (AvgIpc) is 3.09. The largest absolute Gasteiger partial charge is 0.872 e. The number of pyridine rings is 1. The van der Waals surface area contributed by atoms with Crippen LogP contribution in [0.1, 0.15) is 22.7 Å². The first-order chi connectivity index (χ1) is 15.9. The molecule has 2 heterocycles. The Balaban J connectivity index is 1.91. The average molecular weight is 465 g/mol. The second kappa shape index (κ2) is 9.34. The van der Waals surface area contributed by atoms with Gasteiger partial charge in [0.1, 0.15) is 11.5 Å². The van der Waals surface area contributed by atoms with E-state index in [1.165, 1.54) is 31.3 Å². The lowest BCUT2D eigenvalue weighted by Crippen LogP contribution is -2.29. The summed E-state index contributed by atoms with van der Waals surface area (Å²) in [4.78, 5) is 30.6. The Morgan fingerprint density at radius 3 is 2.48 bits per heavy atom. The van der Waals surface area contributed by atoms with Crippen molar-refractivity contribution in [1.29, 1.82) is 0 Å². The lowest BCUT2D eigenvalue weighted by atomic mass is 9.94. The van der Waals surface area contributed by atoms with Crippen molar-refractivity contribution >= 4 is 29.1 Å². The monoisotopic (exact) mass is 464 g/mol. The number of likely N-dealkylation sites (tertiary alicyclic amines) is 1. The predicted molar refractivity (Wildman–Crippen MR) is 119 cm³/mol. The van der Waals surface area contributed by atoms with E-state index in [0.717, 1.165) is 5.56 Å². The number of H-pyrrole nitrogens is 1. The Hall–Kier alpha value is -3.84. The van der Waals surface area contributed by atoms with Crippen LogP contribution in [0.25, 0.3) is 5.76 Å². The number of benzene rings is 2. The number of hydrogen-bond donors (Lipinski definition) is 0. The minimum absolute atomic E-state index is 0.124. The van der Waals surface area contributed by atoms with E-state index >= 15 is 0 Å². The van der Waals surface area contributed by atoms with Crippen LogP contribution in [-0.4, -0.2) is 30.8 Å². The molecule has 1 aromatic heterocycles. The number of amides is 1. The van der Waals surface area contributed by atoms with Gasteiger partial charge < -0.3 is 19.5 Å². The van der Waals surface area contributed by atoms with Gasteiger partial charge in [0.15, 0.2) is 12.4 Å². The fourth-order valence-corrected chi connectivity index (χ4v) is 4.01. The normalized spacial score (nSPS) is 17.3. The zero-order valence-corrected chi connectivity index (χ0v) is 18.8. The minimum atomic E-state index is -0.936. The summed E-state index contributed by atoms with van der Waals surface area (Å²) in [6.07, 6.45) is 3.48. The molecular formula is C25H21ClN2O5. The Bertz CT molecular complexity index is 1230. The molecule has 1 amide bonds. The predicted octanol–water partition coefficient (Wildman–Crippen LogP) is 2.60. The third-order valence-electron chi connectivity index (χ3n) is 5.50. The maximum Gasteiger partial charge on any atom is 0.295 e. The molecule has 8 heteroatoms. The van der Waals surface area contributed by atoms with Crippen molar-refractivity contribution in [2.45, 2.75) is 12.6 Å². The van der Waals surface area contributed by atoms with Crippen molar-refractivity contribution in [3.8, 4) is 11.5 Å². The minimum Gasteiger partial charge on any atom is -0.872 e. The fourth-order valence-electron chi connectivity index (χ4n) is 3.88. The second-order valence-electron chi connectivity index (χ2n) is 7.43. The van der Waals surface area contributed by atoms with Crippen LogP contribution in [0, 0.1) is 0 Å². The molecule has 0 saturated carbocycles. The molecule has 1 aliphatic rings. The molecule has 4 rings (SSSR count). The van der Waals surface area contributed by atoms with Gasteiger partial charge in [0.25, 0.3) is 5.91 Å². The summed E-state index contributed by atoms with van der Waals surface area (Å²) in [7, 11) is 3.00. The Morgan fingerprint density at radius 2 is 1.85 bits per heavy atom. The Labute approximate surface area is 195 Å². The molecule has 0 spiro atoms. The molecule has 168 valence electrons. The number of ketones is 1. The highest BCUT2D eigenvalue weighted by Gasteiger charge is 2.45. The van der Waals surface area contributed by atoms with Crippen molar-refractivity contribution in [2.75, 3.05) is 14.2 Å². The SMILES string of the molecule is COc1ccc(C2/C(=C(\[O-])c3ccc(Cl)cc3)C(=O)C(=O)N2Cc2ccc[nH+]c2)c(OC)c1. The molecule has 33 heavy (non-hydrogen) atoms. The van der Waals surface area contributed by atoms with Gasteiger partial charge in [-0.1, -0.05) is 29.5 Å². The summed E-state index contributed by atoms with van der Waals surface area (Å²) in [6.45, 7) is 0.124. The number of ether oxygens (including phenoxy) is 2. The maximum atomic E-state index is 13.5. The van der Waals surface area contributed by atoms with Gasteiger partial charge in [0, 0.05) is 33.9 Å². The van der Waals surface area contributed by atoms with Crippen LogP contribution in [-0.2, 0) is 16.1 Å². The Kier molecular flexibility index (Phi) is 6.33. The molecule has 0 aliphatic carbocycles. The van der Waals surface area contributed by atoms with Crippen LogP contribution in [0.3, 0.4) is 0 Å². The highest BCUT2D eigenvalue weighted by molar-refractivity contribution is 6.46. The van der Waals surface area contributed by atoms with Gasteiger partial charge in [0.2, 0.25) is 5.78 Å². The number of aromatic amines is 1. The summed E-state index contributed by atoms with van der Waals surface area (Å²) in [6, 6.07) is 13.9. The van der Waals surface area contributed by atoms with Gasteiger partial charge in [-0.05, 0) is 35.9 Å². The molecule has 1 saturated heterocycles. The van der Waals surface area contributed by atoms with E-state index < -0.39 is 23.5 Å². The molecule has 3 aromatic rings. The first-order valence-electron chi connectivity index (χ1n) is 10.1. The van der Waals surface area contributed by atoms with Crippen molar-refractivity contribution < 1.29 is 29.2 Å². The summed E-state index contributed by atoms with van der Waals surface area (Å²) in [5, 5.41) is 13.9. The summed E-state index contributed by atoms with van der Waals surface area (Å²) in [5.41, 5.74) is 1.42. The van der Waals surface area contributed by atoms with Gasteiger partial charge in [-0.2, -0.15) is 0 Å². The van der Waals surface area contributed by atoms with E-state index in [1.54, 1.807) is 48.8 Å². The zero-order valence-electron chi connectivity index (χ0n) is 18.0. The van der Waals surface area contributed by atoms with Crippen LogP contribution in [0.4, 0.5) is 0 Å². The molecule has 0 bridgehead atoms. The number of nitrogens with zero attached hydrogens (tertiary/aromatic N) is 1. The molecule has 1 atom stereocenters. The first-order valence-corrected chi connectivity index (χ1v) is 10.5. The summed E-state index contributed by atoms with van der Waals surface area (Å²) >= 11 is 5.96. The van der Waals surface area contributed by atoms with Gasteiger partial charge in [-0.15, -0.1) is 0 Å². The van der Waals surface area contributed by atoms with E-state index in [4.69, 9.17) is 21.1 Å². The Morgan fingerprint density at radius 1 is 1.09 bits per heavy atom. The number of nitrogens with one attached hydrogen (secondary N) is 1. The zero-order chi connectivity index (χ0) is 23.5. The van der Waals surface area contributed by atoms with E-state index in [1.807, 2.05) is 6.07 Å². The molecule has 1 fully saturated rings. The molecule has 1 unspecified atom stereocenters. The van der Waals surface area contributed by atoms with Crippen LogP contribution in [0.2, 0.25) is 5.02 Å².